The van der Waals surface area contributed by atoms with Crippen molar-refractivity contribution < 1.29 is 28.7 Å². The molecule has 3 aromatic rings. The molecule has 2 aromatic carbocycles. The number of ether oxygens (including phenoxy) is 2. The number of hydrogen-bond acceptors (Lipinski definition) is 9. The molecule has 0 fully saturated rings. The third-order valence-corrected chi connectivity index (χ3v) is 5.91. The van der Waals surface area contributed by atoms with Gasteiger partial charge in [0.1, 0.15) is 23.2 Å². The largest absolute Gasteiger partial charge is 0.497 e. The summed E-state index contributed by atoms with van der Waals surface area (Å²) in [7, 11) is 1.50. The minimum absolute atomic E-state index is 0.0654. The molecule has 3 amide bonds. The molecule has 1 aromatic heterocycles. The van der Waals surface area contributed by atoms with E-state index in [1.165, 1.54) is 12.0 Å². The van der Waals surface area contributed by atoms with Gasteiger partial charge in [-0.25, -0.2) is 0 Å². The first-order valence-corrected chi connectivity index (χ1v) is 11.6. The zero-order valence-corrected chi connectivity index (χ0v) is 20.4. The maximum Gasteiger partial charge on any atom is 0.325 e. The maximum absolute atomic E-state index is 13.9. The van der Waals surface area contributed by atoms with Crippen LogP contribution >= 0.6 is 11.5 Å². The van der Waals surface area contributed by atoms with Gasteiger partial charge in [0.15, 0.2) is 5.69 Å². The molecule has 0 bridgehead atoms. The lowest BCUT2D eigenvalue weighted by Gasteiger charge is -2.31. The summed E-state index contributed by atoms with van der Waals surface area (Å²) in [4.78, 5) is 52.1. The third-order valence-electron chi connectivity index (χ3n) is 5.06. The van der Waals surface area contributed by atoms with Gasteiger partial charge in [0.25, 0.3) is 11.8 Å². The maximum atomic E-state index is 13.9. The Bertz CT molecular complexity index is 1250. The summed E-state index contributed by atoms with van der Waals surface area (Å²) in [6.07, 6.45) is 0. The van der Waals surface area contributed by atoms with E-state index in [0.717, 1.165) is 0 Å². The number of nitrogens with one attached hydrogen (secondary N) is 1. The number of methoxy groups -OCH3 is 1. The van der Waals surface area contributed by atoms with Gasteiger partial charge < -0.3 is 26.3 Å². The van der Waals surface area contributed by atoms with Gasteiger partial charge >= 0.3 is 5.97 Å². The fourth-order valence-corrected chi connectivity index (χ4v) is 4.12. The smallest absolute Gasteiger partial charge is 0.325 e. The topological polar surface area (TPSA) is 167 Å². The van der Waals surface area contributed by atoms with E-state index in [0.29, 0.717) is 28.5 Å². The van der Waals surface area contributed by atoms with Gasteiger partial charge in [-0.15, -0.1) is 0 Å². The Kier molecular flexibility index (Phi) is 8.57. The Morgan fingerprint density at radius 1 is 1.08 bits per heavy atom. The van der Waals surface area contributed by atoms with Gasteiger partial charge in [-0.2, -0.15) is 4.37 Å². The second-order valence-corrected chi connectivity index (χ2v) is 8.12. The zero-order valence-electron chi connectivity index (χ0n) is 19.6. The van der Waals surface area contributed by atoms with Crippen LogP contribution in [0.4, 0.5) is 11.4 Å². The number of amides is 3. The summed E-state index contributed by atoms with van der Waals surface area (Å²) in [5, 5.41) is 2.53. The van der Waals surface area contributed by atoms with Crippen LogP contribution in [-0.4, -0.2) is 48.3 Å². The lowest BCUT2D eigenvalue weighted by Crippen LogP contribution is -2.45. The minimum atomic E-state index is -1.24. The van der Waals surface area contributed by atoms with Crippen LogP contribution in [0, 0.1) is 0 Å². The zero-order chi connectivity index (χ0) is 26.2. The highest BCUT2D eigenvalue weighted by Crippen LogP contribution is 2.33. The van der Waals surface area contributed by atoms with Crippen molar-refractivity contribution >= 4 is 46.6 Å². The molecule has 188 valence electrons. The molecule has 0 radical (unpaired) electrons. The van der Waals surface area contributed by atoms with Crippen LogP contribution in [0.1, 0.15) is 38.7 Å². The summed E-state index contributed by atoms with van der Waals surface area (Å²) < 4.78 is 14.0. The summed E-state index contributed by atoms with van der Waals surface area (Å²) in [5.74, 6) is -2.30. The Balaban J connectivity index is 2.12. The second kappa shape index (κ2) is 11.8. The molecular formula is C24H25N5O6S. The summed E-state index contributed by atoms with van der Waals surface area (Å²) in [5.41, 5.74) is 11.7. The molecule has 1 atom stereocenters. The fraction of sp³-hybridized carbons (Fsp3) is 0.208. The number of carbonyl (C=O) groups is 4. The van der Waals surface area contributed by atoms with Crippen LogP contribution in [0.25, 0.3) is 0 Å². The first-order valence-electron chi connectivity index (χ1n) is 10.8. The highest BCUT2D eigenvalue weighted by molar-refractivity contribution is 7.09. The number of anilines is 2. The number of nitrogen functional groups attached to an aromatic ring is 1. The van der Waals surface area contributed by atoms with E-state index in [1.54, 1.807) is 61.5 Å². The lowest BCUT2D eigenvalue weighted by atomic mass is 10.0. The molecule has 3 rings (SSSR count). The molecule has 11 nitrogen and oxygen atoms in total. The number of aromatic nitrogens is 1. The number of esters is 1. The normalized spacial score (nSPS) is 11.3. The Morgan fingerprint density at radius 3 is 2.31 bits per heavy atom. The van der Waals surface area contributed by atoms with E-state index in [4.69, 9.17) is 20.9 Å². The standard InChI is InChI=1S/C24H25N5O6S/c1-3-35-17(30)13-27-23(32)20(14-9-11-16(34-2)12-10-14)29(15-7-5-4-6-8-15)24(33)21-18(25)19(22(26)31)28-36-21/h4-12,20H,3,13,25H2,1-2H3,(H2,26,31)(H,27,32)/t20-/m1/s1. The van der Waals surface area contributed by atoms with E-state index < -0.39 is 36.3 Å². The van der Waals surface area contributed by atoms with Gasteiger partial charge in [-0.05, 0) is 48.3 Å². The number of benzene rings is 2. The quantitative estimate of drug-likeness (QED) is 0.347. The average Bonchev–Trinajstić information content (AvgIpc) is 3.27. The highest BCUT2D eigenvalue weighted by atomic mass is 32.1. The molecule has 0 aliphatic carbocycles. The molecular weight excluding hydrogens is 486 g/mol. The number of nitrogens with two attached hydrogens (primary N) is 2. The molecule has 0 spiro atoms. The van der Waals surface area contributed by atoms with Gasteiger partial charge in [0, 0.05) is 5.69 Å². The number of hydrogen-bond donors (Lipinski definition) is 3. The van der Waals surface area contributed by atoms with Crippen molar-refractivity contribution in [3.63, 3.8) is 0 Å². The molecule has 0 aliphatic rings. The van der Waals surface area contributed by atoms with E-state index in [-0.39, 0.29) is 22.9 Å². The number of para-hydroxylation sites is 1. The van der Waals surface area contributed by atoms with Crippen LogP contribution in [-0.2, 0) is 14.3 Å². The molecule has 36 heavy (non-hydrogen) atoms. The SMILES string of the molecule is CCOC(=O)CNC(=O)[C@@H](c1ccc(OC)cc1)N(C(=O)c1snc(C(N)=O)c1N)c1ccccc1. The summed E-state index contributed by atoms with van der Waals surface area (Å²) in [6, 6.07) is 13.7. The molecule has 1 heterocycles. The van der Waals surface area contributed by atoms with Crippen LogP contribution < -0.4 is 26.4 Å². The Morgan fingerprint density at radius 2 is 1.75 bits per heavy atom. The monoisotopic (exact) mass is 511 g/mol. The predicted octanol–water partition coefficient (Wildman–Crippen LogP) is 1.90. The number of nitrogens with zero attached hydrogens (tertiary/aromatic N) is 2. The van der Waals surface area contributed by atoms with E-state index in [9.17, 15) is 19.2 Å². The van der Waals surface area contributed by atoms with E-state index in [2.05, 4.69) is 9.69 Å². The predicted molar refractivity (Wildman–Crippen MR) is 134 cm³/mol. The van der Waals surface area contributed by atoms with Crippen LogP contribution in [0.2, 0.25) is 0 Å². The van der Waals surface area contributed by atoms with Crippen molar-refractivity contribution in [1.82, 2.24) is 9.69 Å². The van der Waals surface area contributed by atoms with Gasteiger partial charge in [-0.3, -0.25) is 24.1 Å². The minimum Gasteiger partial charge on any atom is -0.497 e. The van der Waals surface area contributed by atoms with Gasteiger partial charge in [0.05, 0.1) is 19.4 Å². The van der Waals surface area contributed by atoms with E-state index in [1.807, 2.05) is 0 Å². The van der Waals surface area contributed by atoms with Crippen molar-refractivity contribution in [3.05, 3.63) is 70.7 Å². The first kappa shape index (κ1) is 26.2. The highest BCUT2D eigenvalue weighted by Gasteiger charge is 2.36. The average molecular weight is 512 g/mol. The van der Waals surface area contributed by atoms with Crippen molar-refractivity contribution in [2.75, 3.05) is 30.9 Å². The molecule has 12 heteroatoms. The van der Waals surface area contributed by atoms with E-state index >= 15 is 0 Å². The van der Waals surface area contributed by atoms with Crippen LogP contribution in [0.3, 0.4) is 0 Å². The van der Waals surface area contributed by atoms with Crippen molar-refractivity contribution in [1.29, 1.82) is 0 Å². The summed E-state index contributed by atoms with van der Waals surface area (Å²) >= 11 is 0.698. The number of primary amides is 1. The third kappa shape index (κ3) is 5.78. The van der Waals surface area contributed by atoms with Gasteiger partial charge in [0.2, 0.25) is 5.91 Å². The molecule has 0 aliphatic heterocycles. The van der Waals surface area contributed by atoms with Crippen molar-refractivity contribution in [2.45, 2.75) is 13.0 Å². The van der Waals surface area contributed by atoms with Crippen molar-refractivity contribution in [3.8, 4) is 5.75 Å². The second-order valence-electron chi connectivity index (χ2n) is 7.35. The van der Waals surface area contributed by atoms with Crippen LogP contribution in [0.5, 0.6) is 5.75 Å². The molecule has 5 N–H and O–H groups in total. The molecule has 0 saturated heterocycles. The number of carbonyl (C=O) groups excluding carboxylic acids is 4. The number of rotatable bonds is 10. The van der Waals surface area contributed by atoms with Gasteiger partial charge in [-0.1, -0.05) is 30.3 Å². The Hall–Kier alpha value is -4.45. The fourth-order valence-electron chi connectivity index (χ4n) is 3.38. The summed E-state index contributed by atoms with van der Waals surface area (Å²) in [6.45, 7) is 1.40. The first-order chi connectivity index (χ1) is 17.3. The molecule has 0 saturated carbocycles. The van der Waals surface area contributed by atoms with Crippen molar-refractivity contribution in [2.24, 2.45) is 5.73 Å². The molecule has 0 unspecified atom stereocenters. The lowest BCUT2D eigenvalue weighted by molar-refractivity contribution is -0.143. The Labute approximate surface area is 211 Å². The van der Waals surface area contributed by atoms with Crippen LogP contribution in [0.15, 0.2) is 54.6 Å².